The van der Waals surface area contributed by atoms with Crippen LogP contribution in [-0.2, 0) is 0 Å². The van der Waals surface area contributed by atoms with Gasteiger partial charge in [-0.25, -0.2) is 15.0 Å². The van der Waals surface area contributed by atoms with Crippen LogP contribution in [0.4, 0.5) is 28.8 Å². The van der Waals surface area contributed by atoms with Crippen LogP contribution < -0.4 is 15.4 Å². The third kappa shape index (κ3) is 3.78. The van der Waals surface area contributed by atoms with E-state index in [9.17, 15) is 10.1 Å². The zero-order valence-corrected chi connectivity index (χ0v) is 13.2. The van der Waals surface area contributed by atoms with E-state index in [1.54, 1.807) is 55.8 Å². The fraction of sp³-hybridized carbons (Fsp3) is 0.0625. The maximum Gasteiger partial charge on any atom is 0.353 e. The van der Waals surface area contributed by atoms with Crippen molar-refractivity contribution in [3.05, 3.63) is 65.1 Å². The number of methoxy groups -OCH3 is 1. The lowest BCUT2D eigenvalue weighted by atomic mass is 10.3. The first kappa shape index (κ1) is 16.1. The highest BCUT2D eigenvalue weighted by atomic mass is 16.6. The predicted octanol–water partition coefficient (Wildman–Crippen LogP) is 3.28. The molecule has 25 heavy (non-hydrogen) atoms. The average Bonchev–Trinajstić information content (AvgIpc) is 2.62. The Balaban J connectivity index is 1.96. The van der Waals surface area contributed by atoms with Crippen molar-refractivity contribution < 1.29 is 9.66 Å². The summed E-state index contributed by atoms with van der Waals surface area (Å²) in [5.41, 5.74) is 0.320. The quantitative estimate of drug-likeness (QED) is 0.520. The smallest absolute Gasteiger partial charge is 0.353 e. The van der Waals surface area contributed by atoms with Gasteiger partial charge >= 0.3 is 5.69 Å². The summed E-state index contributed by atoms with van der Waals surface area (Å²) >= 11 is 0. The first-order valence-electron chi connectivity index (χ1n) is 7.26. The standard InChI is InChI=1S/C16H14N6O3/c1-25-12-6-4-5-11(9-12)20-15-14(22(23)24)16(19-10-18-15)21-13-7-2-3-8-17-13/h2-10H,1H3,(H2,17,18,19,20,21). The highest BCUT2D eigenvalue weighted by Crippen LogP contribution is 2.33. The van der Waals surface area contributed by atoms with Gasteiger partial charge in [-0.1, -0.05) is 12.1 Å². The zero-order valence-electron chi connectivity index (χ0n) is 13.2. The Kier molecular flexibility index (Phi) is 4.65. The largest absolute Gasteiger partial charge is 0.497 e. The number of nitrogens with zero attached hydrogens (tertiary/aromatic N) is 4. The highest BCUT2D eigenvalue weighted by molar-refractivity contribution is 5.76. The summed E-state index contributed by atoms with van der Waals surface area (Å²) in [6.45, 7) is 0. The van der Waals surface area contributed by atoms with Gasteiger partial charge in [-0.05, 0) is 24.3 Å². The topological polar surface area (TPSA) is 115 Å². The minimum atomic E-state index is -0.548. The van der Waals surface area contributed by atoms with E-state index < -0.39 is 4.92 Å². The molecule has 0 saturated heterocycles. The van der Waals surface area contributed by atoms with Crippen LogP contribution in [0.25, 0.3) is 0 Å². The normalized spacial score (nSPS) is 10.1. The maximum atomic E-state index is 11.5. The molecule has 0 aliphatic rings. The summed E-state index contributed by atoms with van der Waals surface area (Å²) in [6.07, 6.45) is 2.81. The van der Waals surface area contributed by atoms with E-state index in [0.29, 0.717) is 17.3 Å². The number of ether oxygens (including phenoxy) is 1. The summed E-state index contributed by atoms with van der Waals surface area (Å²) in [5.74, 6) is 1.17. The van der Waals surface area contributed by atoms with Gasteiger partial charge in [-0.15, -0.1) is 0 Å². The van der Waals surface area contributed by atoms with Crippen LogP contribution >= 0.6 is 0 Å². The third-order valence-electron chi connectivity index (χ3n) is 3.25. The molecule has 2 N–H and O–H groups in total. The van der Waals surface area contributed by atoms with Gasteiger partial charge in [0.2, 0.25) is 11.6 Å². The molecule has 3 rings (SSSR count). The molecule has 0 aliphatic heterocycles. The van der Waals surface area contributed by atoms with Crippen molar-refractivity contribution >= 4 is 28.8 Å². The van der Waals surface area contributed by atoms with Crippen molar-refractivity contribution in [2.75, 3.05) is 17.7 Å². The molecule has 0 aliphatic carbocycles. The monoisotopic (exact) mass is 338 g/mol. The van der Waals surface area contributed by atoms with Gasteiger partial charge in [0.25, 0.3) is 0 Å². The molecule has 0 saturated carbocycles. The number of nitrogens with one attached hydrogen (secondary N) is 2. The van der Waals surface area contributed by atoms with Crippen molar-refractivity contribution in [2.45, 2.75) is 0 Å². The molecule has 1 aromatic carbocycles. The van der Waals surface area contributed by atoms with Crippen molar-refractivity contribution in [3.8, 4) is 5.75 Å². The predicted molar refractivity (Wildman–Crippen MR) is 92.5 cm³/mol. The van der Waals surface area contributed by atoms with E-state index in [4.69, 9.17) is 4.74 Å². The molecular formula is C16H14N6O3. The molecular weight excluding hydrogens is 324 g/mol. The lowest BCUT2D eigenvalue weighted by Crippen LogP contribution is -2.06. The first-order valence-corrected chi connectivity index (χ1v) is 7.26. The van der Waals surface area contributed by atoms with Crippen LogP contribution in [0.1, 0.15) is 0 Å². The summed E-state index contributed by atoms with van der Waals surface area (Å²) in [4.78, 5) is 23.0. The number of anilines is 4. The Morgan fingerprint density at radius 2 is 1.84 bits per heavy atom. The van der Waals surface area contributed by atoms with E-state index in [0.717, 1.165) is 0 Å². The third-order valence-corrected chi connectivity index (χ3v) is 3.25. The second-order valence-corrected chi connectivity index (χ2v) is 4.87. The molecule has 0 amide bonds. The van der Waals surface area contributed by atoms with Gasteiger partial charge in [0.1, 0.15) is 17.9 Å². The second-order valence-electron chi connectivity index (χ2n) is 4.87. The molecule has 2 aromatic heterocycles. The average molecular weight is 338 g/mol. The first-order chi connectivity index (χ1) is 12.2. The van der Waals surface area contributed by atoms with E-state index in [1.165, 1.54) is 6.33 Å². The lowest BCUT2D eigenvalue weighted by Gasteiger charge is -2.10. The van der Waals surface area contributed by atoms with Crippen molar-refractivity contribution in [1.82, 2.24) is 15.0 Å². The van der Waals surface area contributed by atoms with Crippen LogP contribution in [-0.4, -0.2) is 27.0 Å². The van der Waals surface area contributed by atoms with E-state index in [2.05, 4.69) is 25.6 Å². The maximum absolute atomic E-state index is 11.5. The number of rotatable bonds is 6. The summed E-state index contributed by atoms with van der Waals surface area (Å²) in [6, 6.07) is 12.2. The molecule has 0 atom stereocenters. The highest BCUT2D eigenvalue weighted by Gasteiger charge is 2.23. The molecule has 0 bridgehead atoms. The zero-order chi connectivity index (χ0) is 17.6. The van der Waals surface area contributed by atoms with Crippen molar-refractivity contribution in [3.63, 3.8) is 0 Å². The van der Waals surface area contributed by atoms with Gasteiger partial charge in [-0.2, -0.15) is 0 Å². The molecule has 3 aromatic rings. The SMILES string of the molecule is COc1cccc(Nc2ncnc(Nc3ccccn3)c2[N+](=O)[O-])c1. The molecule has 0 spiro atoms. The Morgan fingerprint density at radius 3 is 2.52 bits per heavy atom. The Hall–Kier alpha value is -3.75. The van der Waals surface area contributed by atoms with Crippen LogP contribution in [0.5, 0.6) is 5.75 Å². The van der Waals surface area contributed by atoms with Crippen LogP contribution in [0.2, 0.25) is 0 Å². The van der Waals surface area contributed by atoms with Crippen LogP contribution in [0.15, 0.2) is 55.0 Å². The van der Waals surface area contributed by atoms with Gasteiger partial charge in [0.05, 0.1) is 12.0 Å². The van der Waals surface area contributed by atoms with Crippen LogP contribution in [0, 0.1) is 10.1 Å². The number of aromatic nitrogens is 3. The summed E-state index contributed by atoms with van der Waals surface area (Å²) in [5, 5.41) is 17.3. The van der Waals surface area contributed by atoms with Gasteiger partial charge in [-0.3, -0.25) is 10.1 Å². The molecule has 126 valence electrons. The van der Waals surface area contributed by atoms with Crippen molar-refractivity contribution in [2.24, 2.45) is 0 Å². The minimum Gasteiger partial charge on any atom is -0.497 e. The number of hydrogen-bond acceptors (Lipinski definition) is 8. The van der Waals surface area contributed by atoms with Gasteiger partial charge < -0.3 is 15.4 Å². The van der Waals surface area contributed by atoms with E-state index in [1.807, 2.05) is 0 Å². The van der Waals surface area contributed by atoms with E-state index >= 15 is 0 Å². The fourth-order valence-corrected chi connectivity index (χ4v) is 2.13. The fourth-order valence-electron chi connectivity index (χ4n) is 2.13. The number of hydrogen-bond donors (Lipinski definition) is 2. The number of pyridine rings is 1. The van der Waals surface area contributed by atoms with Gasteiger partial charge in [0.15, 0.2) is 0 Å². The van der Waals surface area contributed by atoms with E-state index in [-0.39, 0.29) is 17.3 Å². The molecule has 0 fully saturated rings. The lowest BCUT2D eigenvalue weighted by molar-refractivity contribution is -0.383. The molecule has 0 radical (unpaired) electrons. The minimum absolute atomic E-state index is 0.0455. The van der Waals surface area contributed by atoms with Gasteiger partial charge in [0, 0.05) is 18.0 Å². The van der Waals surface area contributed by atoms with Crippen molar-refractivity contribution in [1.29, 1.82) is 0 Å². The second kappa shape index (κ2) is 7.21. The summed E-state index contributed by atoms with van der Waals surface area (Å²) < 4.78 is 5.15. The number of benzene rings is 1. The number of nitro groups is 1. The summed E-state index contributed by atoms with van der Waals surface area (Å²) in [7, 11) is 1.54. The van der Waals surface area contributed by atoms with Crippen LogP contribution in [0.3, 0.4) is 0 Å². The molecule has 9 nitrogen and oxygen atoms in total. The molecule has 0 unspecified atom stereocenters. The molecule has 2 heterocycles. The molecule has 9 heteroatoms. The Morgan fingerprint density at radius 1 is 1.04 bits per heavy atom. The Labute approximate surface area is 142 Å². The Bertz CT molecular complexity index is 888.